The molecule has 1 aliphatic heterocycles. The number of nitrogens with zero attached hydrogens (tertiary/aromatic N) is 1. The Bertz CT molecular complexity index is 818. The zero-order valence-electron chi connectivity index (χ0n) is 14.5. The Labute approximate surface area is 150 Å². The molecular formula is C19H19FN2O4. The van der Waals surface area contributed by atoms with Gasteiger partial charge in [-0.2, -0.15) is 0 Å². The predicted molar refractivity (Wildman–Crippen MR) is 94.2 cm³/mol. The minimum atomic E-state index is -0.411. The van der Waals surface area contributed by atoms with Gasteiger partial charge in [-0.3, -0.25) is 9.59 Å². The maximum absolute atomic E-state index is 13.4. The molecule has 1 fully saturated rings. The van der Waals surface area contributed by atoms with Crippen molar-refractivity contribution < 1.29 is 23.5 Å². The van der Waals surface area contributed by atoms with Crippen LogP contribution in [0.15, 0.2) is 42.5 Å². The number of ether oxygens (including phenoxy) is 2. The smallest absolute Gasteiger partial charge is 0.251 e. The second-order valence-electron chi connectivity index (χ2n) is 5.96. The zero-order chi connectivity index (χ0) is 18.7. The van der Waals surface area contributed by atoms with Gasteiger partial charge in [0, 0.05) is 30.3 Å². The van der Waals surface area contributed by atoms with E-state index in [9.17, 15) is 14.0 Å². The van der Waals surface area contributed by atoms with Crippen LogP contribution in [0.4, 0.5) is 10.1 Å². The van der Waals surface area contributed by atoms with Crippen molar-refractivity contribution in [1.82, 2.24) is 5.32 Å². The highest BCUT2D eigenvalue weighted by molar-refractivity contribution is 5.99. The summed E-state index contributed by atoms with van der Waals surface area (Å²) in [6, 6.07) is 10.3. The van der Waals surface area contributed by atoms with Crippen LogP contribution in [0.1, 0.15) is 16.8 Å². The summed E-state index contributed by atoms with van der Waals surface area (Å²) in [5, 5.41) is 2.84. The van der Waals surface area contributed by atoms with Crippen molar-refractivity contribution in [3.8, 4) is 11.5 Å². The van der Waals surface area contributed by atoms with Gasteiger partial charge in [0.25, 0.3) is 5.91 Å². The van der Waals surface area contributed by atoms with E-state index in [-0.39, 0.29) is 30.8 Å². The molecule has 0 radical (unpaired) electrons. The minimum Gasteiger partial charge on any atom is -0.497 e. The van der Waals surface area contributed by atoms with Crippen LogP contribution in [-0.4, -0.2) is 38.6 Å². The molecule has 0 spiro atoms. The molecule has 1 N–H and O–H groups in total. The van der Waals surface area contributed by atoms with Crippen LogP contribution in [0.5, 0.6) is 11.5 Å². The standard InChI is InChI=1S/C19H19FN2O4/c1-25-16-6-12(7-17(10-16)26-2)19(24)21-14-9-18(23)22(11-14)15-5-3-4-13(20)8-15/h3-8,10,14H,9,11H2,1-2H3,(H,21,24)/t14-/m0/s1. The number of benzene rings is 2. The molecule has 0 bridgehead atoms. The summed E-state index contributed by atoms with van der Waals surface area (Å²) in [4.78, 5) is 26.2. The van der Waals surface area contributed by atoms with Crippen molar-refractivity contribution >= 4 is 17.5 Å². The Kier molecular flexibility index (Phi) is 5.06. The molecule has 0 saturated carbocycles. The van der Waals surface area contributed by atoms with Gasteiger partial charge in [-0.1, -0.05) is 6.07 Å². The fraction of sp³-hybridized carbons (Fsp3) is 0.263. The number of nitrogens with one attached hydrogen (secondary N) is 1. The van der Waals surface area contributed by atoms with Crippen LogP contribution in [0.25, 0.3) is 0 Å². The first-order valence-electron chi connectivity index (χ1n) is 8.10. The topological polar surface area (TPSA) is 67.9 Å². The van der Waals surface area contributed by atoms with E-state index in [1.165, 1.54) is 31.3 Å². The highest BCUT2D eigenvalue weighted by Crippen LogP contribution is 2.24. The Balaban J connectivity index is 1.72. The highest BCUT2D eigenvalue weighted by atomic mass is 19.1. The molecule has 26 heavy (non-hydrogen) atoms. The van der Waals surface area contributed by atoms with Gasteiger partial charge >= 0.3 is 0 Å². The van der Waals surface area contributed by atoms with Gasteiger partial charge in [0.2, 0.25) is 5.91 Å². The van der Waals surface area contributed by atoms with E-state index in [1.54, 1.807) is 30.3 Å². The van der Waals surface area contributed by atoms with Gasteiger partial charge in [0.1, 0.15) is 17.3 Å². The monoisotopic (exact) mass is 358 g/mol. The molecule has 3 rings (SSSR count). The molecule has 1 saturated heterocycles. The number of halogens is 1. The molecule has 136 valence electrons. The summed E-state index contributed by atoms with van der Waals surface area (Å²) in [5.74, 6) is 0.0910. The summed E-state index contributed by atoms with van der Waals surface area (Å²) in [5.41, 5.74) is 0.854. The normalized spacial score (nSPS) is 16.5. The second-order valence-corrected chi connectivity index (χ2v) is 5.96. The lowest BCUT2D eigenvalue weighted by Crippen LogP contribution is -2.37. The maximum atomic E-state index is 13.4. The summed E-state index contributed by atoms with van der Waals surface area (Å²) in [6.45, 7) is 0.287. The molecule has 2 aromatic carbocycles. The van der Waals surface area contributed by atoms with Crippen molar-refractivity contribution in [3.63, 3.8) is 0 Å². The van der Waals surface area contributed by atoms with Crippen molar-refractivity contribution in [3.05, 3.63) is 53.8 Å². The third-order valence-corrected chi connectivity index (χ3v) is 4.19. The molecule has 0 aromatic heterocycles. The van der Waals surface area contributed by atoms with Gasteiger partial charge in [-0.05, 0) is 30.3 Å². The zero-order valence-corrected chi connectivity index (χ0v) is 14.5. The number of methoxy groups -OCH3 is 2. The molecule has 7 heteroatoms. The maximum Gasteiger partial charge on any atom is 0.251 e. The Morgan fingerprint density at radius 3 is 2.46 bits per heavy atom. The van der Waals surface area contributed by atoms with E-state index in [2.05, 4.69) is 5.32 Å². The summed E-state index contributed by atoms with van der Waals surface area (Å²) in [7, 11) is 3.01. The fourth-order valence-electron chi connectivity index (χ4n) is 2.91. The highest BCUT2D eigenvalue weighted by Gasteiger charge is 2.32. The van der Waals surface area contributed by atoms with Gasteiger partial charge < -0.3 is 19.7 Å². The minimum absolute atomic E-state index is 0.156. The molecule has 0 aliphatic carbocycles. The van der Waals surface area contributed by atoms with Crippen LogP contribution in [0.3, 0.4) is 0 Å². The van der Waals surface area contributed by atoms with E-state index in [4.69, 9.17) is 9.47 Å². The van der Waals surface area contributed by atoms with E-state index >= 15 is 0 Å². The molecular weight excluding hydrogens is 339 g/mol. The molecule has 0 unspecified atom stereocenters. The van der Waals surface area contributed by atoms with E-state index in [0.29, 0.717) is 22.7 Å². The number of carbonyl (C=O) groups is 2. The van der Waals surface area contributed by atoms with Crippen molar-refractivity contribution in [1.29, 1.82) is 0 Å². The first-order valence-corrected chi connectivity index (χ1v) is 8.10. The quantitative estimate of drug-likeness (QED) is 0.891. The van der Waals surface area contributed by atoms with Gasteiger partial charge in [-0.15, -0.1) is 0 Å². The molecule has 1 atom stereocenters. The molecule has 6 nitrogen and oxygen atoms in total. The number of hydrogen-bond donors (Lipinski definition) is 1. The summed E-state index contributed by atoms with van der Waals surface area (Å²) < 4.78 is 23.7. The lowest BCUT2D eigenvalue weighted by atomic mass is 10.1. The lowest BCUT2D eigenvalue weighted by Gasteiger charge is -2.17. The van der Waals surface area contributed by atoms with Crippen molar-refractivity contribution in [2.75, 3.05) is 25.7 Å². The number of anilines is 1. The number of carbonyl (C=O) groups excluding carboxylic acids is 2. The van der Waals surface area contributed by atoms with Crippen LogP contribution in [-0.2, 0) is 4.79 Å². The third-order valence-electron chi connectivity index (χ3n) is 4.19. The van der Waals surface area contributed by atoms with E-state index in [1.807, 2.05) is 0 Å². The first-order chi connectivity index (χ1) is 12.5. The average Bonchev–Trinajstić information content (AvgIpc) is 3.01. The van der Waals surface area contributed by atoms with Crippen LogP contribution >= 0.6 is 0 Å². The SMILES string of the molecule is COc1cc(OC)cc(C(=O)N[C@H]2CC(=O)N(c3cccc(F)c3)C2)c1. The molecule has 1 heterocycles. The second kappa shape index (κ2) is 7.43. The van der Waals surface area contributed by atoms with E-state index < -0.39 is 5.82 Å². The molecule has 1 aliphatic rings. The first kappa shape index (κ1) is 17.7. The summed E-state index contributed by atoms with van der Waals surface area (Å²) >= 11 is 0. The van der Waals surface area contributed by atoms with Crippen molar-refractivity contribution in [2.45, 2.75) is 12.5 Å². The number of hydrogen-bond acceptors (Lipinski definition) is 4. The lowest BCUT2D eigenvalue weighted by molar-refractivity contribution is -0.117. The van der Waals surface area contributed by atoms with E-state index in [0.717, 1.165) is 0 Å². The molecule has 2 aromatic rings. The average molecular weight is 358 g/mol. The fourth-order valence-corrected chi connectivity index (χ4v) is 2.91. The van der Waals surface area contributed by atoms with Crippen LogP contribution in [0.2, 0.25) is 0 Å². The Morgan fingerprint density at radius 2 is 1.85 bits per heavy atom. The number of rotatable bonds is 5. The summed E-state index contributed by atoms with van der Waals surface area (Å²) in [6.07, 6.45) is 0.156. The predicted octanol–water partition coefficient (Wildman–Crippen LogP) is 2.38. The Morgan fingerprint density at radius 1 is 1.15 bits per heavy atom. The Hall–Kier alpha value is -3.09. The van der Waals surface area contributed by atoms with Gasteiger partial charge in [-0.25, -0.2) is 4.39 Å². The van der Waals surface area contributed by atoms with Crippen LogP contribution < -0.4 is 19.7 Å². The largest absolute Gasteiger partial charge is 0.497 e. The molecule has 2 amide bonds. The van der Waals surface area contributed by atoms with Gasteiger partial charge in [0.05, 0.1) is 20.3 Å². The third kappa shape index (κ3) is 3.77. The van der Waals surface area contributed by atoms with Crippen LogP contribution in [0, 0.1) is 5.82 Å². The van der Waals surface area contributed by atoms with Crippen molar-refractivity contribution in [2.24, 2.45) is 0 Å². The number of amides is 2. The van der Waals surface area contributed by atoms with Gasteiger partial charge in [0.15, 0.2) is 0 Å².